The summed E-state index contributed by atoms with van der Waals surface area (Å²) in [6.45, 7) is 4.85. The molecule has 1 fully saturated rings. The number of aryl methyl sites for hydroxylation is 1. The van der Waals surface area contributed by atoms with E-state index in [0.717, 1.165) is 40.6 Å². The average molecular weight is 280 g/mol. The van der Waals surface area contributed by atoms with Crippen LogP contribution in [0.3, 0.4) is 0 Å². The van der Waals surface area contributed by atoms with Crippen LogP contribution in [0.4, 0.5) is 5.69 Å². The second-order valence-electron chi connectivity index (χ2n) is 4.66. The molecule has 1 amide bonds. The molecule has 1 aromatic carbocycles. The zero-order valence-electron chi connectivity index (χ0n) is 11.6. The van der Waals surface area contributed by atoms with Crippen LogP contribution in [0.15, 0.2) is 12.1 Å². The minimum atomic E-state index is -0.106. The molecule has 0 aromatic heterocycles. The van der Waals surface area contributed by atoms with Gasteiger partial charge < -0.3 is 15.4 Å². The topological polar surface area (TPSA) is 50.4 Å². The third-order valence-corrected chi connectivity index (χ3v) is 4.36. The van der Waals surface area contributed by atoms with Gasteiger partial charge in [0.15, 0.2) is 0 Å². The predicted octanol–water partition coefficient (Wildman–Crippen LogP) is 1.96. The van der Waals surface area contributed by atoms with Crippen LogP contribution in [0, 0.1) is 13.8 Å². The van der Waals surface area contributed by atoms with Crippen molar-refractivity contribution in [1.82, 2.24) is 5.32 Å². The molecule has 5 heteroatoms. The van der Waals surface area contributed by atoms with Gasteiger partial charge in [0.05, 0.1) is 13.2 Å². The van der Waals surface area contributed by atoms with Crippen molar-refractivity contribution in [2.24, 2.45) is 0 Å². The van der Waals surface area contributed by atoms with Gasteiger partial charge in [0, 0.05) is 29.3 Å². The molecule has 0 radical (unpaired) electrons. The summed E-state index contributed by atoms with van der Waals surface area (Å²) < 4.78 is 5.37. The molecule has 1 aliphatic rings. The highest BCUT2D eigenvalue weighted by atomic mass is 32.2. The predicted molar refractivity (Wildman–Crippen MR) is 80.2 cm³/mol. The monoisotopic (exact) mass is 280 g/mol. The van der Waals surface area contributed by atoms with E-state index in [4.69, 9.17) is 4.74 Å². The Morgan fingerprint density at radius 2 is 2.26 bits per heavy atom. The number of rotatable bonds is 3. The summed E-state index contributed by atoms with van der Waals surface area (Å²) in [5.74, 6) is 2.76. The quantitative estimate of drug-likeness (QED) is 0.888. The van der Waals surface area contributed by atoms with E-state index in [1.54, 1.807) is 7.11 Å². The van der Waals surface area contributed by atoms with Gasteiger partial charge in [0.25, 0.3) is 0 Å². The van der Waals surface area contributed by atoms with Gasteiger partial charge >= 0.3 is 0 Å². The van der Waals surface area contributed by atoms with E-state index in [2.05, 4.69) is 10.6 Å². The Bertz CT molecular complexity index is 471. The second-order valence-corrected chi connectivity index (χ2v) is 5.81. The maximum Gasteiger partial charge on any atom is 0.242 e. The van der Waals surface area contributed by atoms with Crippen molar-refractivity contribution >= 4 is 23.4 Å². The van der Waals surface area contributed by atoms with Crippen molar-refractivity contribution in [2.75, 3.05) is 30.5 Å². The molecule has 1 unspecified atom stereocenters. The van der Waals surface area contributed by atoms with Gasteiger partial charge in [-0.05, 0) is 25.5 Å². The highest BCUT2D eigenvalue weighted by Gasteiger charge is 2.21. The zero-order chi connectivity index (χ0) is 13.8. The molecule has 2 rings (SSSR count). The lowest BCUT2D eigenvalue weighted by Crippen LogP contribution is -2.46. The SMILES string of the molecule is COc1c(C)ccc(NC(=O)C2CSCCN2)c1C. The first kappa shape index (κ1) is 14.2. The van der Waals surface area contributed by atoms with Crippen LogP contribution in [0.5, 0.6) is 5.75 Å². The number of amides is 1. The minimum absolute atomic E-state index is 0.0289. The number of carbonyl (C=O) groups excluding carboxylic acids is 1. The van der Waals surface area contributed by atoms with Crippen molar-refractivity contribution in [2.45, 2.75) is 19.9 Å². The van der Waals surface area contributed by atoms with E-state index < -0.39 is 0 Å². The first-order chi connectivity index (χ1) is 9.13. The summed E-state index contributed by atoms with van der Waals surface area (Å²) in [6.07, 6.45) is 0. The number of anilines is 1. The van der Waals surface area contributed by atoms with Crippen LogP contribution in [-0.4, -0.2) is 37.1 Å². The van der Waals surface area contributed by atoms with E-state index in [-0.39, 0.29) is 11.9 Å². The number of ether oxygens (including phenoxy) is 1. The van der Waals surface area contributed by atoms with Gasteiger partial charge in [-0.2, -0.15) is 11.8 Å². The number of carbonyl (C=O) groups is 1. The van der Waals surface area contributed by atoms with E-state index in [9.17, 15) is 4.79 Å². The molecule has 19 heavy (non-hydrogen) atoms. The molecule has 1 aliphatic heterocycles. The maximum atomic E-state index is 12.2. The fourth-order valence-corrected chi connectivity index (χ4v) is 3.16. The lowest BCUT2D eigenvalue weighted by molar-refractivity contribution is -0.117. The van der Waals surface area contributed by atoms with Crippen LogP contribution in [0.2, 0.25) is 0 Å². The van der Waals surface area contributed by atoms with Crippen LogP contribution >= 0.6 is 11.8 Å². The third-order valence-electron chi connectivity index (χ3n) is 3.30. The number of nitrogens with one attached hydrogen (secondary N) is 2. The molecule has 0 bridgehead atoms. The second kappa shape index (κ2) is 6.30. The first-order valence-corrected chi connectivity index (χ1v) is 7.55. The van der Waals surface area contributed by atoms with Gasteiger partial charge in [-0.15, -0.1) is 0 Å². The molecular weight excluding hydrogens is 260 g/mol. The van der Waals surface area contributed by atoms with Crippen LogP contribution < -0.4 is 15.4 Å². The molecular formula is C14H20N2O2S. The summed E-state index contributed by atoms with van der Waals surface area (Å²) in [5.41, 5.74) is 2.87. The number of hydrogen-bond acceptors (Lipinski definition) is 4. The molecule has 4 nitrogen and oxygen atoms in total. The molecule has 2 N–H and O–H groups in total. The normalized spacial score (nSPS) is 19.0. The van der Waals surface area contributed by atoms with Gasteiger partial charge in [0.1, 0.15) is 5.75 Å². The van der Waals surface area contributed by atoms with Crippen LogP contribution in [0.1, 0.15) is 11.1 Å². The average Bonchev–Trinajstić information content (AvgIpc) is 2.43. The van der Waals surface area contributed by atoms with Crippen molar-refractivity contribution < 1.29 is 9.53 Å². The number of hydrogen-bond donors (Lipinski definition) is 2. The highest BCUT2D eigenvalue weighted by molar-refractivity contribution is 7.99. The van der Waals surface area contributed by atoms with Crippen molar-refractivity contribution in [3.63, 3.8) is 0 Å². The Kier molecular flexibility index (Phi) is 4.71. The van der Waals surface area contributed by atoms with E-state index in [1.165, 1.54) is 0 Å². The Balaban J connectivity index is 2.12. The lowest BCUT2D eigenvalue weighted by Gasteiger charge is -2.23. The van der Waals surface area contributed by atoms with Gasteiger partial charge in [-0.3, -0.25) is 4.79 Å². The molecule has 1 saturated heterocycles. The van der Waals surface area contributed by atoms with E-state index in [0.29, 0.717) is 0 Å². The summed E-state index contributed by atoms with van der Waals surface area (Å²) in [7, 11) is 1.65. The van der Waals surface area contributed by atoms with Crippen molar-refractivity contribution in [1.29, 1.82) is 0 Å². The Hall–Kier alpha value is -1.20. The molecule has 1 aromatic rings. The van der Waals surface area contributed by atoms with Crippen molar-refractivity contribution in [3.05, 3.63) is 23.3 Å². The summed E-state index contributed by atoms with van der Waals surface area (Å²) >= 11 is 1.81. The summed E-state index contributed by atoms with van der Waals surface area (Å²) in [5, 5.41) is 6.22. The molecule has 1 heterocycles. The molecule has 1 atom stereocenters. The largest absolute Gasteiger partial charge is 0.496 e. The van der Waals surface area contributed by atoms with Gasteiger partial charge in [0.2, 0.25) is 5.91 Å². The van der Waals surface area contributed by atoms with E-state index >= 15 is 0 Å². The number of benzene rings is 1. The zero-order valence-corrected chi connectivity index (χ0v) is 12.4. The molecule has 0 saturated carbocycles. The van der Waals surface area contributed by atoms with Crippen molar-refractivity contribution in [3.8, 4) is 5.75 Å². The van der Waals surface area contributed by atoms with E-state index in [1.807, 2.05) is 37.7 Å². The summed E-state index contributed by atoms with van der Waals surface area (Å²) in [6, 6.07) is 3.79. The highest BCUT2D eigenvalue weighted by Crippen LogP contribution is 2.29. The van der Waals surface area contributed by atoms with Crippen LogP contribution in [0.25, 0.3) is 0 Å². The first-order valence-electron chi connectivity index (χ1n) is 6.39. The molecule has 0 spiro atoms. The standard InChI is InChI=1S/C14H20N2O2S/c1-9-4-5-11(10(2)13(9)18-3)16-14(17)12-8-19-7-6-15-12/h4-5,12,15H,6-8H2,1-3H3,(H,16,17). The Labute approximate surface area is 118 Å². The third kappa shape index (κ3) is 3.22. The summed E-state index contributed by atoms with van der Waals surface area (Å²) in [4.78, 5) is 12.2. The van der Waals surface area contributed by atoms with Gasteiger partial charge in [-0.25, -0.2) is 0 Å². The Morgan fingerprint density at radius 3 is 2.89 bits per heavy atom. The number of methoxy groups -OCH3 is 1. The smallest absolute Gasteiger partial charge is 0.242 e. The molecule has 104 valence electrons. The fourth-order valence-electron chi connectivity index (χ4n) is 2.23. The fraction of sp³-hybridized carbons (Fsp3) is 0.500. The lowest BCUT2D eigenvalue weighted by atomic mass is 10.1. The maximum absolute atomic E-state index is 12.2. The van der Waals surface area contributed by atoms with Gasteiger partial charge in [-0.1, -0.05) is 6.07 Å². The minimum Gasteiger partial charge on any atom is -0.496 e. The number of thioether (sulfide) groups is 1. The van der Waals surface area contributed by atoms with Crippen LogP contribution in [-0.2, 0) is 4.79 Å². The Morgan fingerprint density at radius 1 is 1.47 bits per heavy atom. The molecule has 0 aliphatic carbocycles.